The maximum Gasteiger partial charge on any atom is 0.203 e. The molecule has 1 aromatic carbocycles. The molecule has 1 atom stereocenters. The van der Waals surface area contributed by atoms with Gasteiger partial charge in [0.1, 0.15) is 0 Å². The summed E-state index contributed by atoms with van der Waals surface area (Å²) in [5.74, 6) is 2.87. The first kappa shape index (κ1) is 25.1. The number of benzene rings is 1. The molecule has 1 aliphatic rings. The average molecular weight is 409 g/mol. The van der Waals surface area contributed by atoms with Gasteiger partial charge in [-0.05, 0) is 30.9 Å². The van der Waals surface area contributed by atoms with Gasteiger partial charge in [0.15, 0.2) is 11.5 Å². The van der Waals surface area contributed by atoms with Crippen LogP contribution in [0.2, 0.25) is 0 Å². The second kappa shape index (κ2) is 12.5. The summed E-state index contributed by atoms with van der Waals surface area (Å²) < 4.78 is 16.8. The lowest BCUT2D eigenvalue weighted by molar-refractivity contribution is 0.156. The molecule has 0 spiro atoms. The summed E-state index contributed by atoms with van der Waals surface area (Å²) >= 11 is 0. The number of piperazine rings is 1. The topological polar surface area (TPSA) is 43.0 Å². The predicted octanol–water partition coefficient (Wildman–Crippen LogP) is 3.94. The van der Waals surface area contributed by atoms with Crippen LogP contribution in [-0.4, -0.2) is 52.4 Å². The van der Waals surface area contributed by atoms with Crippen LogP contribution in [0.1, 0.15) is 38.3 Å². The van der Waals surface area contributed by atoms with Crippen molar-refractivity contribution in [2.75, 3.05) is 47.5 Å². The molecule has 152 valence electrons. The number of methoxy groups -OCH3 is 3. The Balaban J connectivity index is 0.00000312. The smallest absolute Gasteiger partial charge is 0.203 e. The minimum absolute atomic E-state index is 0. The van der Waals surface area contributed by atoms with Crippen molar-refractivity contribution in [2.24, 2.45) is 5.92 Å². The van der Waals surface area contributed by atoms with E-state index < -0.39 is 0 Å². The van der Waals surface area contributed by atoms with Crippen LogP contribution in [-0.2, 0) is 0 Å². The van der Waals surface area contributed by atoms with E-state index in [1.54, 1.807) is 21.3 Å². The third kappa shape index (κ3) is 6.08. The maximum atomic E-state index is 5.74. The van der Waals surface area contributed by atoms with E-state index in [9.17, 15) is 0 Å². The molecule has 0 radical (unpaired) electrons. The first-order valence-electron chi connectivity index (χ1n) is 8.86. The van der Waals surface area contributed by atoms with E-state index in [2.05, 4.69) is 30.1 Å². The van der Waals surface area contributed by atoms with Crippen molar-refractivity contribution < 1.29 is 14.2 Å². The molecule has 2 rings (SSSR count). The molecule has 0 amide bonds. The number of hydrogen-bond donors (Lipinski definition) is 1. The van der Waals surface area contributed by atoms with Crippen LogP contribution in [0, 0.1) is 5.92 Å². The summed E-state index contributed by atoms with van der Waals surface area (Å²) in [7, 11) is 5.03. The molecule has 1 saturated heterocycles. The number of rotatable bonds is 8. The van der Waals surface area contributed by atoms with Crippen molar-refractivity contribution in [3.05, 3.63) is 17.7 Å². The van der Waals surface area contributed by atoms with Crippen LogP contribution in [0.15, 0.2) is 12.1 Å². The van der Waals surface area contributed by atoms with Crippen molar-refractivity contribution >= 4 is 24.8 Å². The monoisotopic (exact) mass is 408 g/mol. The Morgan fingerprint density at radius 3 is 2.04 bits per heavy atom. The fourth-order valence-electron chi connectivity index (χ4n) is 3.41. The predicted molar refractivity (Wildman–Crippen MR) is 112 cm³/mol. The highest BCUT2D eigenvalue weighted by molar-refractivity contribution is 5.85. The van der Waals surface area contributed by atoms with Gasteiger partial charge in [0.25, 0.3) is 0 Å². The van der Waals surface area contributed by atoms with Crippen LogP contribution < -0.4 is 19.5 Å². The van der Waals surface area contributed by atoms with Gasteiger partial charge >= 0.3 is 0 Å². The minimum atomic E-state index is 0. The zero-order valence-electron chi connectivity index (χ0n) is 16.5. The van der Waals surface area contributed by atoms with Gasteiger partial charge in [0.2, 0.25) is 5.75 Å². The highest BCUT2D eigenvalue weighted by Gasteiger charge is 2.27. The second-order valence-corrected chi connectivity index (χ2v) is 6.70. The zero-order chi connectivity index (χ0) is 17.5. The Labute approximate surface area is 170 Å². The Morgan fingerprint density at radius 1 is 0.923 bits per heavy atom. The Morgan fingerprint density at radius 2 is 1.54 bits per heavy atom. The highest BCUT2D eigenvalue weighted by atomic mass is 35.5. The van der Waals surface area contributed by atoms with E-state index in [1.165, 1.54) is 12.0 Å². The lowest BCUT2D eigenvalue weighted by Crippen LogP contribution is -2.45. The molecule has 1 fully saturated rings. The van der Waals surface area contributed by atoms with Gasteiger partial charge in [-0.15, -0.1) is 24.8 Å². The number of nitrogens with one attached hydrogen (secondary N) is 1. The lowest BCUT2D eigenvalue weighted by atomic mass is 9.94. The zero-order valence-corrected chi connectivity index (χ0v) is 18.2. The summed E-state index contributed by atoms with van der Waals surface area (Å²) in [5, 5.41) is 3.44. The van der Waals surface area contributed by atoms with Gasteiger partial charge in [-0.2, -0.15) is 0 Å². The summed E-state index contributed by atoms with van der Waals surface area (Å²) in [6, 6.07) is 4.46. The van der Waals surface area contributed by atoms with Crippen LogP contribution in [0.3, 0.4) is 0 Å². The molecule has 1 N–H and O–H groups in total. The molecule has 1 aliphatic heterocycles. The van der Waals surface area contributed by atoms with Crippen molar-refractivity contribution in [1.29, 1.82) is 0 Å². The third-order valence-corrected chi connectivity index (χ3v) is 4.70. The molecule has 7 heteroatoms. The summed E-state index contributed by atoms with van der Waals surface area (Å²) in [6.45, 7) is 8.74. The molecule has 1 aromatic rings. The SMILES string of the molecule is COc1ccc([C@@H](CCC(C)C)N2CCNCC2)c(OC)c1OC.Cl.Cl. The molecular weight excluding hydrogens is 375 g/mol. The Hall–Kier alpha value is -0.880. The van der Waals surface area contributed by atoms with Crippen LogP contribution in [0.4, 0.5) is 0 Å². The van der Waals surface area contributed by atoms with Crippen molar-refractivity contribution in [3.63, 3.8) is 0 Å². The van der Waals surface area contributed by atoms with Crippen molar-refractivity contribution in [3.8, 4) is 17.2 Å². The number of halogens is 2. The largest absolute Gasteiger partial charge is 0.493 e. The Bertz CT molecular complexity index is 524. The average Bonchev–Trinajstić information content (AvgIpc) is 2.61. The molecule has 1 heterocycles. The van der Waals surface area contributed by atoms with E-state index in [4.69, 9.17) is 14.2 Å². The Kier molecular flexibility index (Phi) is 12.1. The van der Waals surface area contributed by atoms with Gasteiger partial charge in [-0.3, -0.25) is 4.90 Å². The summed E-state index contributed by atoms with van der Waals surface area (Å²) in [5.41, 5.74) is 1.19. The highest BCUT2D eigenvalue weighted by Crippen LogP contribution is 2.44. The van der Waals surface area contributed by atoms with E-state index in [-0.39, 0.29) is 24.8 Å². The summed E-state index contributed by atoms with van der Waals surface area (Å²) in [4.78, 5) is 2.56. The van der Waals surface area contributed by atoms with Gasteiger partial charge in [-0.1, -0.05) is 13.8 Å². The van der Waals surface area contributed by atoms with Gasteiger partial charge in [0.05, 0.1) is 21.3 Å². The second-order valence-electron chi connectivity index (χ2n) is 6.70. The fourth-order valence-corrected chi connectivity index (χ4v) is 3.41. The van der Waals surface area contributed by atoms with E-state index in [0.29, 0.717) is 23.5 Å². The van der Waals surface area contributed by atoms with Gasteiger partial charge in [0, 0.05) is 37.8 Å². The summed E-state index contributed by atoms with van der Waals surface area (Å²) in [6.07, 6.45) is 2.30. The van der Waals surface area contributed by atoms with Crippen LogP contribution in [0.5, 0.6) is 17.2 Å². The molecule has 0 aromatic heterocycles. The molecule has 0 aliphatic carbocycles. The normalized spacial score (nSPS) is 15.6. The minimum Gasteiger partial charge on any atom is -0.493 e. The van der Waals surface area contributed by atoms with Crippen LogP contribution >= 0.6 is 24.8 Å². The quantitative estimate of drug-likeness (QED) is 0.705. The van der Waals surface area contributed by atoms with Crippen molar-refractivity contribution in [1.82, 2.24) is 10.2 Å². The maximum absolute atomic E-state index is 5.74. The molecule has 5 nitrogen and oxygen atoms in total. The first-order chi connectivity index (χ1) is 11.6. The third-order valence-electron chi connectivity index (χ3n) is 4.70. The number of ether oxygens (including phenoxy) is 3. The van der Waals surface area contributed by atoms with Gasteiger partial charge in [-0.25, -0.2) is 0 Å². The van der Waals surface area contributed by atoms with E-state index in [0.717, 1.165) is 38.3 Å². The first-order valence-corrected chi connectivity index (χ1v) is 8.86. The molecular formula is C19H34Cl2N2O3. The van der Waals surface area contributed by atoms with Gasteiger partial charge < -0.3 is 19.5 Å². The molecule has 0 saturated carbocycles. The lowest BCUT2D eigenvalue weighted by Gasteiger charge is -2.36. The van der Waals surface area contributed by atoms with Crippen LogP contribution in [0.25, 0.3) is 0 Å². The molecule has 26 heavy (non-hydrogen) atoms. The number of nitrogens with zero attached hydrogens (tertiary/aromatic N) is 1. The fraction of sp³-hybridized carbons (Fsp3) is 0.684. The van der Waals surface area contributed by atoms with E-state index >= 15 is 0 Å². The molecule has 0 unspecified atom stereocenters. The number of hydrogen-bond acceptors (Lipinski definition) is 5. The standard InChI is InChI=1S/C19H32N2O3.2ClH/c1-14(2)6-8-16(21-12-10-20-11-13-21)15-7-9-17(22-3)19(24-5)18(15)23-4;;/h7,9,14,16,20H,6,8,10-13H2,1-5H3;2*1H/t16-;;/m1../s1. The van der Waals surface area contributed by atoms with E-state index in [1.807, 2.05) is 6.07 Å². The molecule has 0 bridgehead atoms. The van der Waals surface area contributed by atoms with Crippen molar-refractivity contribution in [2.45, 2.75) is 32.7 Å².